The van der Waals surface area contributed by atoms with Crippen molar-refractivity contribution in [2.75, 3.05) is 18.8 Å². The van der Waals surface area contributed by atoms with Crippen molar-refractivity contribution in [2.24, 2.45) is 0 Å². The second-order valence-corrected chi connectivity index (χ2v) is 6.57. The molecule has 96 valence electrons. The summed E-state index contributed by atoms with van der Waals surface area (Å²) >= 11 is 0. The van der Waals surface area contributed by atoms with E-state index in [-0.39, 0.29) is 22.7 Å². The van der Waals surface area contributed by atoms with E-state index in [0.29, 0.717) is 25.9 Å². The second-order valence-electron chi connectivity index (χ2n) is 4.85. The van der Waals surface area contributed by atoms with Gasteiger partial charge in [0.2, 0.25) is 5.91 Å². The Morgan fingerprint density at radius 2 is 1.82 bits per heavy atom. The minimum Gasteiger partial charge on any atom is -0.341 e. The van der Waals surface area contributed by atoms with Crippen LogP contribution < -0.4 is 0 Å². The standard InChI is InChI=1S/C12H19NO3S/c14-10-5-7-13(8-6-10)12(15)9-17(16)11-3-1-2-4-11/h11H,1-9H2. The normalized spacial score (nSPS) is 24.0. The smallest absolute Gasteiger partial charge is 0.235 e. The zero-order chi connectivity index (χ0) is 12.3. The maximum atomic E-state index is 12.0. The molecule has 2 aliphatic rings. The Morgan fingerprint density at radius 3 is 2.41 bits per heavy atom. The van der Waals surface area contributed by atoms with Crippen LogP contribution in [0.25, 0.3) is 0 Å². The van der Waals surface area contributed by atoms with E-state index in [2.05, 4.69) is 0 Å². The van der Waals surface area contributed by atoms with Crippen LogP contribution in [-0.4, -0.2) is 44.9 Å². The molecule has 5 heteroatoms. The number of Topliss-reactive ketones (excluding diaryl/α,β-unsaturated/α-hetero) is 1. The molecule has 0 spiro atoms. The summed E-state index contributed by atoms with van der Waals surface area (Å²) in [6, 6.07) is 0. The number of hydrogen-bond donors (Lipinski definition) is 0. The molecule has 1 saturated heterocycles. The van der Waals surface area contributed by atoms with Gasteiger partial charge in [-0.25, -0.2) is 0 Å². The van der Waals surface area contributed by atoms with Gasteiger partial charge in [-0.2, -0.15) is 0 Å². The van der Waals surface area contributed by atoms with Crippen molar-refractivity contribution in [1.82, 2.24) is 4.90 Å². The van der Waals surface area contributed by atoms with Gasteiger partial charge in [0.05, 0.1) is 0 Å². The average molecular weight is 257 g/mol. The topological polar surface area (TPSA) is 54.5 Å². The number of carbonyl (C=O) groups is 2. The van der Waals surface area contributed by atoms with Gasteiger partial charge >= 0.3 is 0 Å². The number of rotatable bonds is 3. The van der Waals surface area contributed by atoms with Crippen LogP contribution in [0.5, 0.6) is 0 Å². The zero-order valence-electron chi connectivity index (χ0n) is 10.0. The predicted molar refractivity (Wildman–Crippen MR) is 66.1 cm³/mol. The van der Waals surface area contributed by atoms with Crippen molar-refractivity contribution in [1.29, 1.82) is 0 Å². The lowest BCUT2D eigenvalue weighted by Gasteiger charge is -2.26. The third-order valence-corrected chi connectivity index (χ3v) is 5.36. The van der Waals surface area contributed by atoms with Crippen molar-refractivity contribution in [3.05, 3.63) is 0 Å². The van der Waals surface area contributed by atoms with Gasteiger partial charge in [0.1, 0.15) is 11.5 Å². The molecule has 1 aliphatic heterocycles. The summed E-state index contributed by atoms with van der Waals surface area (Å²) in [5, 5.41) is 0.227. The van der Waals surface area contributed by atoms with Gasteiger partial charge in [-0.1, -0.05) is 12.8 Å². The Bertz CT molecular complexity index is 327. The molecule has 0 aromatic rings. The quantitative estimate of drug-likeness (QED) is 0.754. The number of ketones is 1. The minimum atomic E-state index is -1.01. The number of amides is 1. The fraction of sp³-hybridized carbons (Fsp3) is 0.833. The summed E-state index contributed by atoms with van der Waals surface area (Å²) in [4.78, 5) is 24.6. The Hall–Kier alpha value is -0.710. The Balaban J connectivity index is 1.80. The second kappa shape index (κ2) is 5.76. The van der Waals surface area contributed by atoms with E-state index in [1.807, 2.05) is 0 Å². The molecule has 0 radical (unpaired) electrons. The van der Waals surface area contributed by atoms with Crippen molar-refractivity contribution >= 4 is 22.5 Å². The van der Waals surface area contributed by atoms with Crippen LogP contribution in [0.15, 0.2) is 0 Å². The SMILES string of the molecule is O=C1CCN(C(=O)CS(=O)C2CCCC2)CC1. The van der Waals surface area contributed by atoms with E-state index in [9.17, 15) is 13.8 Å². The van der Waals surface area contributed by atoms with E-state index in [1.54, 1.807) is 4.90 Å². The highest BCUT2D eigenvalue weighted by molar-refractivity contribution is 7.86. The number of likely N-dealkylation sites (tertiary alicyclic amines) is 1. The van der Waals surface area contributed by atoms with Crippen LogP contribution >= 0.6 is 0 Å². The number of hydrogen-bond acceptors (Lipinski definition) is 3. The molecule has 0 bridgehead atoms. The molecule has 0 N–H and O–H groups in total. The first kappa shape index (κ1) is 12.7. The first-order valence-corrected chi connectivity index (χ1v) is 7.71. The molecule has 1 aliphatic carbocycles. The van der Waals surface area contributed by atoms with Gasteiger partial charge in [0.15, 0.2) is 0 Å². The summed E-state index contributed by atoms with van der Waals surface area (Å²) in [5.41, 5.74) is 0. The first-order chi connectivity index (χ1) is 8.16. The van der Waals surface area contributed by atoms with E-state index in [0.717, 1.165) is 25.7 Å². The molecule has 1 heterocycles. The van der Waals surface area contributed by atoms with E-state index in [1.165, 1.54) is 0 Å². The van der Waals surface area contributed by atoms with Crippen LogP contribution in [0.4, 0.5) is 0 Å². The summed E-state index contributed by atoms with van der Waals surface area (Å²) < 4.78 is 12.0. The number of piperidine rings is 1. The summed E-state index contributed by atoms with van der Waals surface area (Å²) in [6.45, 7) is 1.03. The van der Waals surface area contributed by atoms with E-state index in [4.69, 9.17) is 0 Å². The zero-order valence-corrected chi connectivity index (χ0v) is 10.8. The van der Waals surface area contributed by atoms with Gasteiger partial charge in [-0.3, -0.25) is 13.8 Å². The molecule has 2 rings (SSSR count). The molecule has 0 aromatic heterocycles. The van der Waals surface area contributed by atoms with Gasteiger partial charge in [0, 0.05) is 42.0 Å². The minimum absolute atomic E-state index is 0.0391. The molecule has 4 nitrogen and oxygen atoms in total. The average Bonchev–Trinajstić information content (AvgIpc) is 2.83. The predicted octanol–water partition coefficient (Wildman–Crippen LogP) is 0.869. The number of carbonyl (C=O) groups excluding carboxylic acids is 2. The molecule has 17 heavy (non-hydrogen) atoms. The molecule has 0 aromatic carbocycles. The van der Waals surface area contributed by atoms with Crippen molar-refractivity contribution in [2.45, 2.75) is 43.8 Å². The fourth-order valence-electron chi connectivity index (χ4n) is 2.49. The highest BCUT2D eigenvalue weighted by Crippen LogP contribution is 2.23. The lowest BCUT2D eigenvalue weighted by atomic mass is 10.1. The molecular formula is C12H19NO3S. The molecule has 1 saturated carbocycles. The van der Waals surface area contributed by atoms with Crippen molar-refractivity contribution in [3.8, 4) is 0 Å². The lowest BCUT2D eigenvalue weighted by Crippen LogP contribution is -2.41. The summed E-state index contributed by atoms with van der Waals surface area (Å²) in [7, 11) is -1.01. The van der Waals surface area contributed by atoms with Gasteiger partial charge in [0.25, 0.3) is 0 Å². The maximum absolute atomic E-state index is 12.0. The Labute approximate surface area is 104 Å². The Kier molecular flexibility index (Phi) is 4.31. The first-order valence-electron chi connectivity index (χ1n) is 6.33. The van der Waals surface area contributed by atoms with E-state index >= 15 is 0 Å². The van der Waals surface area contributed by atoms with Crippen molar-refractivity contribution < 1.29 is 13.8 Å². The van der Waals surface area contributed by atoms with Gasteiger partial charge in [-0.05, 0) is 12.8 Å². The van der Waals surface area contributed by atoms with Crippen LogP contribution in [0.3, 0.4) is 0 Å². The maximum Gasteiger partial charge on any atom is 0.235 e. The van der Waals surface area contributed by atoms with Crippen LogP contribution in [0.1, 0.15) is 38.5 Å². The monoisotopic (exact) mass is 257 g/mol. The molecule has 2 fully saturated rings. The third kappa shape index (κ3) is 3.37. The summed E-state index contributed by atoms with van der Waals surface area (Å²) in [5.74, 6) is 0.340. The molecule has 1 atom stereocenters. The van der Waals surface area contributed by atoms with Crippen LogP contribution in [0, 0.1) is 0 Å². The van der Waals surface area contributed by atoms with Gasteiger partial charge < -0.3 is 4.90 Å². The van der Waals surface area contributed by atoms with Crippen LogP contribution in [0.2, 0.25) is 0 Å². The molecule has 1 unspecified atom stereocenters. The molecule has 1 amide bonds. The molecular weight excluding hydrogens is 238 g/mol. The summed E-state index contributed by atoms with van der Waals surface area (Å²) in [6.07, 6.45) is 5.20. The van der Waals surface area contributed by atoms with E-state index < -0.39 is 10.8 Å². The van der Waals surface area contributed by atoms with Crippen LogP contribution in [-0.2, 0) is 20.4 Å². The third-order valence-electron chi connectivity index (χ3n) is 3.61. The lowest BCUT2D eigenvalue weighted by molar-refractivity contribution is -0.132. The fourth-order valence-corrected chi connectivity index (χ4v) is 4.01. The Morgan fingerprint density at radius 1 is 1.24 bits per heavy atom. The number of nitrogens with zero attached hydrogens (tertiary/aromatic N) is 1. The van der Waals surface area contributed by atoms with Crippen molar-refractivity contribution in [3.63, 3.8) is 0 Å². The highest BCUT2D eigenvalue weighted by atomic mass is 32.2. The highest BCUT2D eigenvalue weighted by Gasteiger charge is 2.26. The van der Waals surface area contributed by atoms with Gasteiger partial charge in [-0.15, -0.1) is 0 Å². The largest absolute Gasteiger partial charge is 0.341 e.